The summed E-state index contributed by atoms with van der Waals surface area (Å²) >= 11 is 11.3. The van der Waals surface area contributed by atoms with Crippen LogP contribution in [-0.2, 0) is 19.1 Å². The number of unbranched alkanes of at least 4 members (excludes halogenated alkanes) is 6. The lowest BCUT2D eigenvalue weighted by atomic mass is 10.2. The summed E-state index contributed by atoms with van der Waals surface area (Å²) in [5.41, 5.74) is 10.6. The predicted octanol–water partition coefficient (Wildman–Crippen LogP) is 5.95. The van der Waals surface area contributed by atoms with Crippen LogP contribution >= 0.6 is 70.6 Å². The molecule has 10 nitrogen and oxygen atoms in total. The summed E-state index contributed by atoms with van der Waals surface area (Å²) in [6.45, 7) is 7.73. The molecule has 6 N–H and O–H groups in total. The molecule has 2 radical (unpaired) electrons. The standard InChI is InChI=1S/C18H32N2O4S4.C6H16N2.C5H8S2.CO2.BH/c21-17(23-13-15-25-9-5-10-26-15)19-7-3-1-2-4-8-20-18(22)24-14-16-27-11-6-12-28-16;7-5-3-1-2-4-6-8;1-5-6-3-2-4-7-5;2-1-3;/h15-16H,1-14H2,(H,19,21)(H,20,22);1-8H2;1-4H2;;1H. The van der Waals surface area contributed by atoms with Gasteiger partial charge in [-0.3, -0.25) is 0 Å². The Morgan fingerprint density at radius 3 is 1.32 bits per heavy atom. The summed E-state index contributed by atoms with van der Waals surface area (Å²) in [4.78, 5) is 39.6. The minimum Gasteiger partial charge on any atom is -0.447 e. The molecule has 3 aliphatic rings. The SMILES string of the molecule is C=C1SCCCS1.NCCCCCCN.O=C(NCCCCCCNC(=O)OCC1SCCCS1)OCC1SCCCS1.O=C=O.[BH]. The normalized spacial score (nSPS) is 16.2. The van der Waals surface area contributed by atoms with E-state index in [-0.39, 0.29) is 26.8 Å². The molecule has 47 heavy (non-hydrogen) atoms. The van der Waals surface area contributed by atoms with Crippen LogP contribution in [-0.4, -0.2) is 110 Å². The first-order valence-corrected chi connectivity index (χ1v) is 22.2. The number of ether oxygens (including phenoxy) is 2. The molecule has 0 atom stereocenters. The van der Waals surface area contributed by atoms with Crippen LogP contribution in [0.15, 0.2) is 10.8 Å². The topological polar surface area (TPSA) is 163 Å². The summed E-state index contributed by atoms with van der Waals surface area (Å²) in [6.07, 6.45) is 12.1. The largest absolute Gasteiger partial charge is 0.447 e. The number of carbonyl (C=O) groups excluding carboxylic acids is 4. The van der Waals surface area contributed by atoms with E-state index in [1.165, 1.54) is 47.8 Å². The van der Waals surface area contributed by atoms with E-state index in [0.29, 0.717) is 35.5 Å². The second-order valence-electron chi connectivity index (χ2n) is 10.0. The third-order valence-corrected chi connectivity index (χ3v) is 14.2. The Morgan fingerprint density at radius 2 is 1.00 bits per heavy atom. The van der Waals surface area contributed by atoms with E-state index >= 15 is 0 Å². The molecule has 3 aliphatic heterocycles. The van der Waals surface area contributed by atoms with Crippen molar-refractivity contribution in [3.05, 3.63) is 10.8 Å². The van der Waals surface area contributed by atoms with Crippen LogP contribution in [0, 0.1) is 0 Å². The molecule has 3 heterocycles. The molecule has 0 aliphatic carbocycles. The van der Waals surface area contributed by atoms with Crippen molar-refractivity contribution < 1.29 is 28.7 Å². The summed E-state index contributed by atoms with van der Waals surface area (Å²) in [6, 6.07) is 0. The van der Waals surface area contributed by atoms with Crippen LogP contribution in [0.5, 0.6) is 0 Å². The molecule has 0 bridgehead atoms. The number of amides is 2. The van der Waals surface area contributed by atoms with Gasteiger partial charge in [-0.25, -0.2) is 9.59 Å². The third kappa shape index (κ3) is 35.4. The van der Waals surface area contributed by atoms with Gasteiger partial charge in [0.15, 0.2) is 0 Å². The van der Waals surface area contributed by atoms with Gasteiger partial charge < -0.3 is 31.6 Å². The molecule has 0 unspecified atom stereocenters. The fourth-order valence-electron chi connectivity index (χ4n) is 3.75. The molecule has 0 aromatic carbocycles. The Bertz CT molecular complexity index is 740. The van der Waals surface area contributed by atoms with Crippen LogP contribution < -0.4 is 22.1 Å². The van der Waals surface area contributed by atoms with Gasteiger partial charge >= 0.3 is 18.3 Å². The van der Waals surface area contributed by atoms with Crippen LogP contribution in [0.25, 0.3) is 0 Å². The number of alkyl carbamates (subject to hydrolysis) is 2. The number of rotatable bonds is 16. The first kappa shape index (κ1) is 48.9. The lowest BCUT2D eigenvalue weighted by Crippen LogP contribution is -2.28. The zero-order valence-corrected chi connectivity index (χ0v) is 32.8. The molecule has 0 aromatic heterocycles. The average Bonchev–Trinajstić information content (AvgIpc) is 3.08. The molecule has 272 valence electrons. The minimum atomic E-state index is -0.314. The minimum absolute atomic E-state index is 0. The summed E-state index contributed by atoms with van der Waals surface area (Å²) < 4.78 is 12.6. The van der Waals surface area contributed by atoms with Crippen LogP contribution in [0.3, 0.4) is 0 Å². The van der Waals surface area contributed by atoms with Crippen LogP contribution in [0.4, 0.5) is 9.59 Å². The highest BCUT2D eigenvalue weighted by Crippen LogP contribution is 2.32. The number of thioether (sulfide) groups is 6. The molecule has 3 rings (SSSR count). The second-order valence-corrected chi connectivity index (χ2v) is 18.5. The summed E-state index contributed by atoms with van der Waals surface area (Å²) in [5, 5.41) is 5.61. The van der Waals surface area contributed by atoms with E-state index in [9.17, 15) is 9.59 Å². The molecular formula is C30H57BN4O6S6. The highest BCUT2D eigenvalue weighted by molar-refractivity contribution is 8.22. The third-order valence-electron chi connectivity index (χ3n) is 6.11. The predicted molar refractivity (Wildman–Crippen MR) is 211 cm³/mol. The number of hydrogen-bond donors (Lipinski definition) is 4. The van der Waals surface area contributed by atoms with Crippen molar-refractivity contribution >= 4 is 97.3 Å². The maximum absolute atomic E-state index is 11.7. The van der Waals surface area contributed by atoms with Gasteiger partial charge in [0.2, 0.25) is 0 Å². The van der Waals surface area contributed by atoms with E-state index in [0.717, 1.165) is 74.6 Å². The molecular weight excluding hydrogens is 716 g/mol. The van der Waals surface area contributed by atoms with E-state index in [2.05, 4.69) is 17.2 Å². The van der Waals surface area contributed by atoms with Gasteiger partial charge in [-0.2, -0.15) is 9.59 Å². The van der Waals surface area contributed by atoms with Crippen molar-refractivity contribution in [2.75, 3.05) is 73.9 Å². The Labute approximate surface area is 310 Å². The summed E-state index contributed by atoms with van der Waals surface area (Å²) in [7, 11) is 0. The van der Waals surface area contributed by atoms with Crippen molar-refractivity contribution in [1.29, 1.82) is 0 Å². The molecule has 2 amide bonds. The molecule has 0 spiro atoms. The van der Waals surface area contributed by atoms with Gasteiger partial charge in [0, 0.05) is 25.7 Å². The van der Waals surface area contributed by atoms with E-state index in [4.69, 9.17) is 30.5 Å². The lowest BCUT2D eigenvalue weighted by molar-refractivity contribution is -0.191. The smallest absolute Gasteiger partial charge is 0.407 e. The van der Waals surface area contributed by atoms with Crippen molar-refractivity contribution in [3.63, 3.8) is 0 Å². The Hall–Kier alpha value is -0.255. The summed E-state index contributed by atoms with van der Waals surface area (Å²) in [5.74, 6) is 7.21. The van der Waals surface area contributed by atoms with Gasteiger partial charge in [-0.05, 0) is 92.6 Å². The van der Waals surface area contributed by atoms with Crippen LogP contribution in [0.1, 0.15) is 70.6 Å². The fourth-order valence-corrected chi connectivity index (χ4v) is 11.0. The molecule has 3 fully saturated rings. The highest BCUT2D eigenvalue weighted by Gasteiger charge is 2.17. The highest BCUT2D eigenvalue weighted by atomic mass is 32.2. The van der Waals surface area contributed by atoms with Crippen molar-refractivity contribution in [2.24, 2.45) is 11.5 Å². The lowest BCUT2D eigenvalue weighted by Gasteiger charge is -2.20. The van der Waals surface area contributed by atoms with E-state index < -0.39 is 0 Å². The number of hydrogen-bond acceptors (Lipinski definition) is 14. The molecule has 0 saturated carbocycles. The molecule has 17 heteroatoms. The number of nitrogens with one attached hydrogen (secondary N) is 2. The van der Waals surface area contributed by atoms with Gasteiger partial charge in [-0.1, -0.05) is 32.3 Å². The first-order valence-electron chi connectivity index (χ1n) is 16.1. The van der Waals surface area contributed by atoms with Crippen LogP contribution in [0.2, 0.25) is 0 Å². The zero-order valence-electron chi connectivity index (χ0n) is 27.9. The van der Waals surface area contributed by atoms with E-state index in [1.807, 2.05) is 70.6 Å². The maximum atomic E-state index is 11.7. The van der Waals surface area contributed by atoms with Gasteiger partial charge in [0.05, 0.1) is 9.16 Å². The van der Waals surface area contributed by atoms with Gasteiger partial charge in [0.25, 0.3) is 0 Å². The average molecular weight is 773 g/mol. The van der Waals surface area contributed by atoms with Gasteiger partial charge in [0.1, 0.15) is 13.2 Å². The fraction of sp³-hybridized carbons (Fsp3) is 0.833. The Kier molecular flexibility index (Phi) is 40.1. The Balaban J connectivity index is 0. The van der Waals surface area contributed by atoms with Crippen molar-refractivity contribution in [2.45, 2.75) is 79.8 Å². The number of nitrogens with two attached hydrogens (primary N) is 2. The zero-order chi connectivity index (χ0) is 33.9. The quantitative estimate of drug-likeness (QED) is 0.108. The molecule has 3 saturated heterocycles. The van der Waals surface area contributed by atoms with Crippen molar-refractivity contribution in [3.8, 4) is 0 Å². The van der Waals surface area contributed by atoms with Gasteiger partial charge in [-0.15, -0.1) is 70.6 Å². The second kappa shape index (κ2) is 38.5. The van der Waals surface area contributed by atoms with E-state index in [1.54, 1.807) is 0 Å². The first-order chi connectivity index (χ1) is 22.5. The molecule has 0 aromatic rings. The van der Waals surface area contributed by atoms with Crippen molar-refractivity contribution in [1.82, 2.24) is 10.6 Å². The monoisotopic (exact) mass is 772 g/mol. The maximum Gasteiger partial charge on any atom is 0.407 e. The Morgan fingerprint density at radius 1 is 0.660 bits per heavy atom. The number of carbonyl (C=O) groups is 2.